The topological polar surface area (TPSA) is 72.1 Å². The van der Waals surface area contributed by atoms with Crippen LogP contribution in [0, 0.1) is 0 Å². The predicted octanol–water partition coefficient (Wildman–Crippen LogP) is 3.75. The fourth-order valence-electron chi connectivity index (χ4n) is 3.48. The van der Waals surface area contributed by atoms with Crippen LogP contribution in [0.15, 0.2) is 36.4 Å². The summed E-state index contributed by atoms with van der Waals surface area (Å²) in [6, 6.07) is 11.5. The third kappa shape index (κ3) is 5.25. The SMILES string of the molecule is COc1cc(NCC(=O)Nc2ccc(N3CCCCC3)cc2)cc(OC)c1OC. The van der Waals surface area contributed by atoms with Crippen molar-refractivity contribution in [2.24, 2.45) is 0 Å². The summed E-state index contributed by atoms with van der Waals surface area (Å²) < 4.78 is 16.0. The molecular weight excluding hydrogens is 370 g/mol. The van der Waals surface area contributed by atoms with Gasteiger partial charge in [-0.15, -0.1) is 0 Å². The fourth-order valence-corrected chi connectivity index (χ4v) is 3.48. The average Bonchev–Trinajstić information content (AvgIpc) is 2.78. The number of methoxy groups -OCH3 is 3. The van der Waals surface area contributed by atoms with E-state index >= 15 is 0 Å². The van der Waals surface area contributed by atoms with E-state index in [2.05, 4.69) is 27.7 Å². The molecule has 0 saturated carbocycles. The average molecular weight is 399 g/mol. The maximum atomic E-state index is 12.3. The summed E-state index contributed by atoms with van der Waals surface area (Å²) in [4.78, 5) is 14.7. The van der Waals surface area contributed by atoms with Crippen molar-refractivity contribution in [3.63, 3.8) is 0 Å². The van der Waals surface area contributed by atoms with Gasteiger partial charge in [-0.3, -0.25) is 4.79 Å². The Kier molecular flexibility index (Phi) is 7.05. The van der Waals surface area contributed by atoms with E-state index < -0.39 is 0 Å². The lowest BCUT2D eigenvalue weighted by Crippen LogP contribution is -2.29. The molecule has 1 aliphatic rings. The molecule has 0 bridgehead atoms. The molecule has 0 radical (unpaired) electrons. The first-order chi connectivity index (χ1) is 14.1. The van der Waals surface area contributed by atoms with Crippen LogP contribution in [0.3, 0.4) is 0 Å². The largest absolute Gasteiger partial charge is 0.493 e. The summed E-state index contributed by atoms with van der Waals surface area (Å²) in [6.45, 7) is 2.32. The molecule has 1 heterocycles. The molecule has 29 heavy (non-hydrogen) atoms. The number of hydrogen-bond donors (Lipinski definition) is 2. The van der Waals surface area contributed by atoms with Crippen molar-refractivity contribution in [3.05, 3.63) is 36.4 Å². The van der Waals surface area contributed by atoms with Gasteiger partial charge in [-0.05, 0) is 43.5 Å². The number of amides is 1. The molecular formula is C22H29N3O4. The van der Waals surface area contributed by atoms with Gasteiger partial charge in [-0.2, -0.15) is 0 Å². The third-order valence-corrected chi connectivity index (χ3v) is 4.99. The van der Waals surface area contributed by atoms with Crippen LogP contribution in [0.4, 0.5) is 17.1 Å². The second-order valence-electron chi connectivity index (χ2n) is 6.91. The predicted molar refractivity (Wildman–Crippen MR) is 116 cm³/mol. The zero-order valence-corrected chi connectivity index (χ0v) is 17.3. The Morgan fingerprint density at radius 3 is 2.07 bits per heavy atom. The van der Waals surface area contributed by atoms with E-state index in [1.54, 1.807) is 33.5 Å². The molecule has 156 valence electrons. The van der Waals surface area contributed by atoms with E-state index in [1.807, 2.05) is 12.1 Å². The highest BCUT2D eigenvalue weighted by Crippen LogP contribution is 2.39. The first-order valence-electron chi connectivity index (χ1n) is 9.83. The number of anilines is 3. The number of nitrogens with zero attached hydrogens (tertiary/aromatic N) is 1. The van der Waals surface area contributed by atoms with E-state index in [9.17, 15) is 4.79 Å². The third-order valence-electron chi connectivity index (χ3n) is 4.99. The van der Waals surface area contributed by atoms with Gasteiger partial charge in [0.05, 0.1) is 27.9 Å². The first kappa shape index (κ1) is 20.6. The summed E-state index contributed by atoms with van der Waals surface area (Å²) in [7, 11) is 4.67. The van der Waals surface area contributed by atoms with Crippen LogP contribution in [0.1, 0.15) is 19.3 Å². The number of nitrogens with one attached hydrogen (secondary N) is 2. The van der Waals surface area contributed by atoms with Crippen molar-refractivity contribution >= 4 is 23.0 Å². The van der Waals surface area contributed by atoms with Gasteiger partial charge in [0.2, 0.25) is 11.7 Å². The standard InChI is InChI=1S/C22H29N3O4/c1-27-19-13-17(14-20(28-2)22(19)29-3)23-15-21(26)24-16-7-9-18(10-8-16)25-11-5-4-6-12-25/h7-10,13-14,23H,4-6,11-12,15H2,1-3H3,(H,24,26). The number of carbonyl (C=O) groups excluding carboxylic acids is 1. The Morgan fingerprint density at radius 2 is 1.52 bits per heavy atom. The Hall–Kier alpha value is -3.09. The summed E-state index contributed by atoms with van der Waals surface area (Å²) in [5.41, 5.74) is 2.69. The van der Waals surface area contributed by atoms with Gasteiger partial charge in [0.25, 0.3) is 0 Å². The molecule has 1 saturated heterocycles. The Morgan fingerprint density at radius 1 is 0.897 bits per heavy atom. The highest BCUT2D eigenvalue weighted by Gasteiger charge is 2.14. The summed E-state index contributed by atoms with van der Waals surface area (Å²) in [5, 5.41) is 6.01. The van der Waals surface area contributed by atoms with Gasteiger partial charge < -0.3 is 29.7 Å². The van der Waals surface area contributed by atoms with E-state index in [0.717, 1.165) is 18.8 Å². The van der Waals surface area contributed by atoms with Crippen LogP contribution in [0.2, 0.25) is 0 Å². The van der Waals surface area contributed by atoms with Crippen molar-refractivity contribution in [3.8, 4) is 17.2 Å². The minimum atomic E-state index is -0.135. The van der Waals surface area contributed by atoms with Crippen LogP contribution in [-0.2, 0) is 4.79 Å². The van der Waals surface area contributed by atoms with Crippen molar-refractivity contribution in [1.29, 1.82) is 0 Å². The van der Waals surface area contributed by atoms with Crippen molar-refractivity contribution in [2.75, 3.05) is 56.5 Å². The van der Waals surface area contributed by atoms with E-state index in [4.69, 9.17) is 14.2 Å². The van der Waals surface area contributed by atoms with E-state index in [0.29, 0.717) is 22.9 Å². The van der Waals surface area contributed by atoms with Crippen molar-refractivity contribution in [1.82, 2.24) is 0 Å². The zero-order valence-electron chi connectivity index (χ0n) is 17.3. The smallest absolute Gasteiger partial charge is 0.243 e. The second-order valence-corrected chi connectivity index (χ2v) is 6.91. The van der Waals surface area contributed by atoms with Crippen molar-refractivity contribution in [2.45, 2.75) is 19.3 Å². The number of ether oxygens (including phenoxy) is 3. The molecule has 7 nitrogen and oxygen atoms in total. The van der Waals surface area contributed by atoms with Gasteiger partial charge in [-0.1, -0.05) is 0 Å². The number of carbonyl (C=O) groups is 1. The highest BCUT2D eigenvalue weighted by atomic mass is 16.5. The highest BCUT2D eigenvalue weighted by molar-refractivity contribution is 5.94. The minimum absolute atomic E-state index is 0.118. The molecule has 2 aromatic carbocycles. The molecule has 7 heteroatoms. The van der Waals surface area contributed by atoms with Gasteiger partial charge >= 0.3 is 0 Å². The van der Waals surface area contributed by atoms with Gasteiger partial charge in [0.15, 0.2) is 11.5 Å². The number of piperidine rings is 1. The molecule has 2 aromatic rings. The lowest BCUT2D eigenvalue weighted by atomic mass is 10.1. The Balaban J connectivity index is 1.57. The molecule has 1 amide bonds. The Bertz CT molecular complexity index is 792. The van der Waals surface area contributed by atoms with Gasteiger partial charge in [-0.25, -0.2) is 0 Å². The normalized spacial score (nSPS) is 13.6. The lowest BCUT2D eigenvalue weighted by Gasteiger charge is -2.28. The zero-order chi connectivity index (χ0) is 20.6. The van der Waals surface area contributed by atoms with Crippen LogP contribution in [-0.4, -0.2) is 46.9 Å². The van der Waals surface area contributed by atoms with Crippen LogP contribution >= 0.6 is 0 Å². The Labute approximate surface area is 171 Å². The minimum Gasteiger partial charge on any atom is -0.493 e. The molecule has 2 N–H and O–H groups in total. The summed E-state index contributed by atoms with van der Waals surface area (Å²) >= 11 is 0. The monoisotopic (exact) mass is 399 g/mol. The molecule has 0 spiro atoms. The molecule has 0 aromatic heterocycles. The number of benzene rings is 2. The quantitative estimate of drug-likeness (QED) is 0.704. The molecule has 0 aliphatic carbocycles. The molecule has 1 aliphatic heterocycles. The maximum Gasteiger partial charge on any atom is 0.243 e. The second kappa shape index (κ2) is 9.91. The van der Waals surface area contributed by atoms with Crippen LogP contribution in [0.5, 0.6) is 17.2 Å². The number of rotatable bonds is 8. The fraction of sp³-hybridized carbons (Fsp3) is 0.409. The van der Waals surface area contributed by atoms with E-state index in [1.165, 1.54) is 24.9 Å². The molecule has 0 unspecified atom stereocenters. The molecule has 1 fully saturated rings. The van der Waals surface area contributed by atoms with Crippen LogP contribution in [0.25, 0.3) is 0 Å². The summed E-state index contributed by atoms with van der Waals surface area (Å²) in [6.07, 6.45) is 3.79. The molecule has 0 atom stereocenters. The summed E-state index contributed by atoms with van der Waals surface area (Å²) in [5.74, 6) is 1.44. The van der Waals surface area contributed by atoms with Gasteiger partial charge in [0.1, 0.15) is 0 Å². The molecule has 3 rings (SSSR count). The lowest BCUT2D eigenvalue weighted by molar-refractivity contribution is -0.114. The van der Waals surface area contributed by atoms with Crippen LogP contribution < -0.4 is 29.7 Å². The van der Waals surface area contributed by atoms with Gasteiger partial charge in [0, 0.05) is 42.3 Å². The van der Waals surface area contributed by atoms with Crippen molar-refractivity contribution < 1.29 is 19.0 Å². The van der Waals surface area contributed by atoms with E-state index in [-0.39, 0.29) is 12.5 Å². The first-order valence-corrected chi connectivity index (χ1v) is 9.83. The number of hydrogen-bond acceptors (Lipinski definition) is 6. The maximum absolute atomic E-state index is 12.3.